The predicted molar refractivity (Wildman–Crippen MR) is 96.1 cm³/mol. The lowest BCUT2D eigenvalue weighted by molar-refractivity contribution is -0.108. The van der Waals surface area contributed by atoms with Crippen LogP contribution >= 0.6 is 0 Å². The van der Waals surface area contributed by atoms with Crippen LogP contribution in [0, 0.1) is 0 Å². The molecule has 0 aliphatic carbocycles. The molecule has 0 spiro atoms. The summed E-state index contributed by atoms with van der Waals surface area (Å²) in [7, 11) is 1.60. The highest BCUT2D eigenvalue weighted by atomic mass is 16.5. The van der Waals surface area contributed by atoms with Crippen LogP contribution in [-0.4, -0.2) is 53.8 Å². The summed E-state index contributed by atoms with van der Waals surface area (Å²) < 4.78 is 5.44. The van der Waals surface area contributed by atoms with E-state index in [-0.39, 0.29) is 12.3 Å². The standard InChI is InChI=1S/C17H22N4O4/c1-5-20(4)17(23)21(10-11-22)18-12-13(2)25-14(3)15-6-8-16(19-24)9-7-15/h6-9,11-12,19,24H,2-3,5,10H2,1,4H3/b18-12+. The number of urea groups is 1. The third-order valence-corrected chi connectivity index (χ3v) is 3.20. The molecule has 25 heavy (non-hydrogen) atoms. The minimum absolute atomic E-state index is 0.150. The summed E-state index contributed by atoms with van der Waals surface area (Å²) in [4.78, 5) is 24.2. The number of anilines is 1. The van der Waals surface area contributed by atoms with Gasteiger partial charge in [-0.25, -0.2) is 9.80 Å². The normalized spacial score (nSPS) is 10.2. The van der Waals surface area contributed by atoms with Crippen LogP contribution in [0.1, 0.15) is 12.5 Å². The van der Waals surface area contributed by atoms with Crippen LogP contribution < -0.4 is 5.48 Å². The zero-order valence-electron chi connectivity index (χ0n) is 14.3. The second kappa shape index (κ2) is 9.89. The van der Waals surface area contributed by atoms with Gasteiger partial charge >= 0.3 is 6.03 Å². The highest BCUT2D eigenvalue weighted by Crippen LogP contribution is 2.18. The lowest BCUT2D eigenvalue weighted by atomic mass is 10.2. The third kappa shape index (κ3) is 6.11. The number of rotatable bonds is 9. The molecular formula is C17H22N4O4. The average Bonchev–Trinajstić information content (AvgIpc) is 2.63. The molecule has 0 bridgehead atoms. The Morgan fingerprint density at radius 2 is 2.00 bits per heavy atom. The molecule has 2 amide bonds. The Morgan fingerprint density at radius 1 is 1.36 bits per heavy atom. The molecule has 8 heteroatoms. The average molecular weight is 346 g/mol. The van der Waals surface area contributed by atoms with E-state index in [4.69, 9.17) is 9.94 Å². The van der Waals surface area contributed by atoms with Crippen molar-refractivity contribution in [2.45, 2.75) is 6.92 Å². The van der Waals surface area contributed by atoms with Crippen LogP contribution in [0.15, 0.2) is 48.3 Å². The summed E-state index contributed by atoms with van der Waals surface area (Å²) in [5, 5.41) is 13.7. The van der Waals surface area contributed by atoms with E-state index in [0.717, 1.165) is 5.01 Å². The van der Waals surface area contributed by atoms with E-state index in [1.54, 1.807) is 31.3 Å². The van der Waals surface area contributed by atoms with Crippen molar-refractivity contribution in [3.63, 3.8) is 0 Å². The summed E-state index contributed by atoms with van der Waals surface area (Å²) in [6.07, 6.45) is 1.82. The first-order chi connectivity index (χ1) is 11.9. The molecule has 0 unspecified atom stereocenters. The molecule has 2 N–H and O–H groups in total. The van der Waals surface area contributed by atoms with Gasteiger partial charge in [-0.2, -0.15) is 5.10 Å². The van der Waals surface area contributed by atoms with E-state index in [1.807, 2.05) is 12.4 Å². The van der Waals surface area contributed by atoms with Crippen LogP contribution in [0.5, 0.6) is 0 Å². The molecule has 0 saturated heterocycles. The van der Waals surface area contributed by atoms with Crippen molar-refractivity contribution in [2.24, 2.45) is 5.10 Å². The van der Waals surface area contributed by atoms with Gasteiger partial charge in [-0.1, -0.05) is 13.2 Å². The van der Waals surface area contributed by atoms with Gasteiger partial charge in [0.1, 0.15) is 24.3 Å². The summed E-state index contributed by atoms with van der Waals surface area (Å²) in [5.74, 6) is 0.470. The molecule has 1 rings (SSSR count). The van der Waals surface area contributed by atoms with Gasteiger partial charge in [0.2, 0.25) is 0 Å². The molecule has 0 radical (unpaired) electrons. The molecule has 0 fully saturated rings. The number of hydrogen-bond donors (Lipinski definition) is 2. The zero-order chi connectivity index (χ0) is 18.8. The zero-order valence-corrected chi connectivity index (χ0v) is 14.3. The maximum Gasteiger partial charge on any atom is 0.340 e. The molecule has 0 aromatic heterocycles. The van der Waals surface area contributed by atoms with Gasteiger partial charge < -0.3 is 14.4 Å². The smallest absolute Gasteiger partial charge is 0.340 e. The first kappa shape index (κ1) is 19.9. The first-order valence-corrected chi connectivity index (χ1v) is 7.49. The van der Waals surface area contributed by atoms with E-state index in [1.165, 1.54) is 11.1 Å². The molecule has 0 atom stereocenters. The van der Waals surface area contributed by atoms with Gasteiger partial charge in [0.05, 0.1) is 11.9 Å². The minimum atomic E-state index is -0.412. The van der Waals surface area contributed by atoms with Crippen LogP contribution in [0.2, 0.25) is 0 Å². The number of hydrazone groups is 1. The van der Waals surface area contributed by atoms with Gasteiger partial charge in [0.25, 0.3) is 0 Å². The Kier molecular flexibility index (Phi) is 7.88. The van der Waals surface area contributed by atoms with Crippen molar-refractivity contribution in [1.82, 2.24) is 9.91 Å². The van der Waals surface area contributed by atoms with Gasteiger partial charge in [-0.3, -0.25) is 10.7 Å². The number of allylic oxidation sites excluding steroid dienone is 1. The van der Waals surface area contributed by atoms with Crippen molar-refractivity contribution >= 4 is 30.0 Å². The summed E-state index contributed by atoms with van der Waals surface area (Å²) in [6.45, 7) is 9.59. The number of benzene rings is 1. The van der Waals surface area contributed by atoms with E-state index >= 15 is 0 Å². The molecule has 0 heterocycles. The number of nitrogens with zero attached hydrogens (tertiary/aromatic N) is 3. The monoisotopic (exact) mass is 346 g/mol. The first-order valence-electron chi connectivity index (χ1n) is 7.49. The number of ether oxygens (including phenoxy) is 1. The lowest BCUT2D eigenvalue weighted by Crippen LogP contribution is -2.39. The lowest BCUT2D eigenvalue weighted by Gasteiger charge is -2.21. The van der Waals surface area contributed by atoms with E-state index in [0.29, 0.717) is 29.8 Å². The van der Waals surface area contributed by atoms with Gasteiger partial charge in [-0.05, 0) is 31.2 Å². The van der Waals surface area contributed by atoms with E-state index in [2.05, 4.69) is 18.3 Å². The topological polar surface area (TPSA) is 94.5 Å². The summed E-state index contributed by atoms with van der Waals surface area (Å²) >= 11 is 0. The second-order valence-electron chi connectivity index (χ2n) is 4.97. The maximum atomic E-state index is 12.0. The van der Waals surface area contributed by atoms with E-state index < -0.39 is 6.03 Å². The van der Waals surface area contributed by atoms with Crippen molar-refractivity contribution < 1.29 is 19.5 Å². The Morgan fingerprint density at radius 3 is 2.52 bits per heavy atom. The Balaban J connectivity index is 2.71. The molecule has 134 valence electrons. The van der Waals surface area contributed by atoms with Gasteiger partial charge in [-0.15, -0.1) is 0 Å². The van der Waals surface area contributed by atoms with Crippen LogP contribution in [-0.2, 0) is 9.53 Å². The number of aldehydes is 1. The third-order valence-electron chi connectivity index (χ3n) is 3.20. The van der Waals surface area contributed by atoms with Crippen LogP contribution in [0.4, 0.5) is 10.5 Å². The van der Waals surface area contributed by atoms with Crippen LogP contribution in [0.3, 0.4) is 0 Å². The van der Waals surface area contributed by atoms with Crippen molar-refractivity contribution in [3.8, 4) is 0 Å². The molecule has 8 nitrogen and oxygen atoms in total. The van der Waals surface area contributed by atoms with Crippen molar-refractivity contribution in [3.05, 3.63) is 48.7 Å². The van der Waals surface area contributed by atoms with E-state index in [9.17, 15) is 9.59 Å². The Hall–Kier alpha value is -3.13. The fraction of sp³-hybridized carbons (Fsp3) is 0.235. The van der Waals surface area contributed by atoms with Gasteiger partial charge in [0, 0.05) is 19.2 Å². The molecule has 0 aliphatic rings. The number of amides is 2. The fourth-order valence-electron chi connectivity index (χ4n) is 1.69. The number of carbonyl (C=O) groups is 2. The number of nitrogens with one attached hydrogen (secondary N) is 1. The summed E-state index contributed by atoms with van der Waals surface area (Å²) in [6, 6.07) is 6.27. The highest BCUT2D eigenvalue weighted by molar-refractivity contribution is 5.81. The van der Waals surface area contributed by atoms with Crippen molar-refractivity contribution in [1.29, 1.82) is 0 Å². The molecule has 0 saturated carbocycles. The fourth-order valence-corrected chi connectivity index (χ4v) is 1.69. The quantitative estimate of drug-likeness (QED) is 0.310. The highest BCUT2D eigenvalue weighted by Gasteiger charge is 2.15. The molecular weight excluding hydrogens is 324 g/mol. The molecule has 1 aromatic carbocycles. The van der Waals surface area contributed by atoms with Crippen LogP contribution in [0.25, 0.3) is 5.76 Å². The largest absolute Gasteiger partial charge is 0.456 e. The minimum Gasteiger partial charge on any atom is -0.456 e. The van der Waals surface area contributed by atoms with Crippen molar-refractivity contribution in [2.75, 3.05) is 25.6 Å². The Labute approximate surface area is 146 Å². The SMILES string of the molecule is C=C(/C=N/N(CC=O)C(=O)N(C)CC)OC(=C)c1ccc(NO)cc1. The second-order valence-corrected chi connectivity index (χ2v) is 4.97. The molecule has 0 aliphatic heterocycles. The number of carbonyl (C=O) groups excluding carboxylic acids is 2. The Bertz CT molecular complexity index is 655. The molecule has 1 aromatic rings. The predicted octanol–water partition coefficient (Wildman–Crippen LogP) is 2.55. The number of hydrogen-bond acceptors (Lipinski definition) is 6. The van der Waals surface area contributed by atoms with Gasteiger partial charge in [0.15, 0.2) is 0 Å². The summed E-state index contributed by atoms with van der Waals surface area (Å²) in [5.41, 5.74) is 3.23. The maximum absolute atomic E-state index is 12.0.